The quantitative estimate of drug-likeness (QED) is 0.306. The summed E-state index contributed by atoms with van der Waals surface area (Å²) < 4.78 is 5.10. The molecule has 0 saturated heterocycles. The molecule has 0 saturated carbocycles. The summed E-state index contributed by atoms with van der Waals surface area (Å²) in [4.78, 5) is 3.95. The number of benzene rings is 1. The summed E-state index contributed by atoms with van der Waals surface area (Å²) in [6.45, 7) is 2.03. The summed E-state index contributed by atoms with van der Waals surface area (Å²) in [6, 6.07) is 7.97. The van der Waals surface area contributed by atoms with Gasteiger partial charge >= 0.3 is 0 Å². The fraction of sp³-hybridized carbons (Fsp3) is 0.364. The molecule has 1 rings (SSSR count). The smallest absolute Gasteiger partial charge is 0.205 e. The summed E-state index contributed by atoms with van der Waals surface area (Å²) in [5.41, 5.74) is 3.63. The van der Waals surface area contributed by atoms with E-state index >= 15 is 0 Å². The van der Waals surface area contributed by atoms with Gasteiger partial charge in [-0.1, -0.05) is 12.1 Å². The first kappa shape index (κ1) is 12.3. The molecule has 1 aromatic carbocycles. The Morgan fingerprint density at radius 2 is 2.00 bits per heavy atom. The van der Waals surface area contributed by atoms with Crippen molar-refractivity contribution in [2.75, 3.05) is 14.2 Å². The van der Waals surface area contributed by atoms with E-state index in [2.05, 4.69) is 15.7 Å². The van der Waals surface area contributed by atoms with Crippen molar-refractivity contribution in [1.29, 1.82) is 0 Å². The van der Waals surface area contributed by atoms with E-state index in [1.165, 1.54) is 0 Å². The first-order valence-corrected chi connectivity index (χ1v) is 5.05. The molecule has 0 aliphatic heterocycles. The largest absolute Gasteiger partial charge is 0.497 e. The van der Waals surface area contributed by atoms with Crippen LogP contribution in [0.25, 0.3) is 0 Å². The van der Waals surface area contributed by atoms with E-state index in [1.54, 1.807) is 14.2 Å². The zero-order valence-electron chi connectivity index (χ0n) is 9.82. The number of hydrogen-bond donors (Lipinski definition) is 3. The Balaban J connectivity index is 2.69. The van der Waals surface area contributed by atoms with Crippen molar-refractivity contribution in [3.05, 3.63) is 29.8 Å². The van der Waals surface area contributed by atoms with Crippen LogP contribution in [0.1, 0.15) is 18.5 Å². The molecular formula is C11H18N4O. The minimum absolute atomic E-state index is 0.126. The standard InChI is InChI=1S/C11H18N4O/c1-8(14-11(13-2)15-12)9-4-6-10(16-3)7-5-9/h4-8H,12H2,1-3H3,(H2,13,14,15). The second-order valence-electron chi connectivity index (χ2n) is 3.36. The Labute approximate surface area is 95.7 Å². The number of hydrazine groups is 1. The van der Waals surface area contributed by atoms with Crippen molar-refractivity contribution in [2.24, 2.45) is 10.8 Å². The van der Waals surface area contributed by atoms with Crippen LogP contribution in [0, 0.1) is 0 Å². The molecule has 1 aromatic rings. The molecule has 0 radical (unpaired) electrons. The Kier molecular flexibility index (Phi) is 4.60. The van der Waals surface area contributed by atoms with Crippen molar-refractivity contribution in [3.63, 3.8) is 0 Å². The fourth-order valence-corrected chi connectivity index (χ4v) is 1.35. The number of hydrogen-bond acceptors (Lipinski definition) is 3. The van der Waals surface area contributed by atoms with Crippen LogP contribution in [0.3, 0.4) is 0 Å². The Bertz CT molecular complexity index is 348. The molecule has 0 aliphatic carbocycles. The second kappa shape index (κ2) is 5.97. The highest BCUT2D eigenvalue weighted by Crippen LogP contribution is 2.16. The number of aliphatic imine (C=N–C) groups is 1. The Hall–Kier alpha value is -1.75. The average molecular weight is 222 g/mol. The van der Waals surface area contributed by atoms with Gasteiger partial charge in [0.25, 0.3) is 0 Å². The van der Waals surface area contributed by atoms with Crippen LogP contribution >= 0.6 is 0 Å². The minimum atomic E-state index is 0.126. The van der Waals surface area contributed by atoms with Crippen molar-refractivity contribution in [3.8, 4) is 5.75 Å². The number of guanidine groups is 1. The summed E-state index contributed by atoms with van der Waals surface area (Å²) >= 11 is 0. The molecule has 5 heteroatoms. The highest BCUT2D eigenvalue weighted by atomic mass is 16.5. The van der Waals surface area contributed by atoms with Crippen molar-refractivity contribution in [2.45, 2.75) is 13.0 Å². The molecule has 16 heavy (non-hydrogen) atoms. The molecule has 4 N–H and O–H groups in total. The third-order valence-electron chi connectivity index (χ3n) is 2.33. The SMILES string of the molecule is CN=C(NN)NC(C)c1ccc(OC)cc1. The van der Waals surface area contributed by atoms with Gasteiger partial charge in [-0.2, -0.15) is 0 Å². The van der Waals surface area contributed by atoms with E-state index in [1.807, 2.05) is 31.2 Å². The van der Waals surface area contributed by atoms with Crippen LogP contribution < -0.4 is 21.3 Å². The van der Waals surface area contributed by atoms with Gasteiger partial charge in [0.2, 0.25) is 5.96 Å². The first-order chi connectivity index (χ1) is 7.71. The maximum Gasteiger partial charge on any atom is 0.205 e. The molecule has 0 fully saturated rings. The lowest BCUT2D eigenvalue weighted by molar-refractivity contribution is 0.414. The highest BCUT2D eigenvalue weighted by molar-refractivity contribution is 5.79. The van der Waals surface area contributed by atoms with Gasteiger partial charge in [0.1, 0.15) is 5.75 Å². The number of nitrogens with zero attached hydrogens (tertiary/aromatic N) is 1. The van der Waals surface area contributed by atoms with Crippen LogP contribution in [0.2, 0.25) is 0 Å². The van der Waals surface area contributed by atoms with Crippen LogP contribution in [0.5, 0.6) is 5.75 Å². The molecule has 0 aromatic heterocycles. The lowest BCUT2D eigenvalue weighted by atomic mass is 10.1. The van der Waals surface area contributed by atoms with Crippen molar-refractivity contribution < 1.29 is 4.74 Å². The first-order valence-electron chi connectivity index (χ1n) is 5.05. The van der Waals surface area contributed by atoms with Crippen LogP contribution in [-0.4, -0.2) is 20.1 Å². The predicted octanol–water partition coefficient (Wildman–Crippen LogP) is 0.795. The number of ether oxygens (including phenoxy) is 1. The van der Waals surface area contributed by atoms with Gasteiger partial charge in [0, 0.05) is 7.05 Å². The van der Waals surface area contributed by atoms with Gasteiger partial charge < -0.3 is 10.1 Å². The number of nitrogens with one attached hydrogen (secondary N) is 2. The van der Waals surface area contributed by atoms with Crippen LogP contribution in [-0.2, 0) is 0 Å². The summed E-state index contributed by atoms with van der Waals surface area (Å²) in [7, 11) is 3.32. The third-order valence-corrected chi connectivity index (χ3v) is 2.33. The monoisotopic (exact) mass is 222 g/mol. The summed E-state index contributed by atoms with van der Waals surface area (Å²) in [5, 5.41) is 3.14. The molecular weight excluding hydrogens is 204 g/mol. The maximum atomic E-state index is 5.29. The minimum Gasteiger partial charge on any atom is -0.497 e. The summed E-state index contributed by atoms with van der Waals surface area (Å²) in [5.74, 6) is 6.70. The zero-order chi connectivity index (χ0) is 12.0. The highest BCUT2D eigenvalue weighted by Gasteiger charge is 2.06. The maximum absolute atomic E-state index is 5.29. The Morgan fingerprint density at radius 1 is 1.38 bits per heavy atom. The van der Waals surface area contributed by atoms with E-state index in [0.717, 1.165) is 11.3 Å². The summed E-state index contributed by atoms with van der Waals surface area (Å²) in [6.07, 6.45) is 0. The number of rotatable bonds is 3. The van der Waals surface area contributed by atoms with Crippen molar-refractivity contribution >= 4 is 5.96 Å². The molecule has 1 unspecified atom stereocenters. The molecule has 0 heterocycles. The molecule has 1 atom stereocenters. The van der Waals surface area contributed by atoms with Gasteiger partial charge in [-0.15, -0.1) is 0 Å². The van der Waals surface area contributed by atoms with Gasteiger partial charge in [-0.05, 0) is 24.6 Å². The van der Waals surface area contributed by atoms with Crippen LogP contribution in [0.4, 0.5) is 0 Å². The molecule has 0 aliphatic rings. The van der Waals surface area contributed by atoms with E-state index in [-0.39, 0.29) is 6.04 Å². The fourth-order valence-electron chi connectivity index (χ4n) is 1.35. The van der Waals surface area contributed by atoms with Crippen LogP contribution in [0.15, 0.2) is 29.3 Å². The topological polar surface area (TPSA) is 71.7 Å². The molecule has 5 nitrogen and oxygen atoms in total. The van der Waals surface area contributed by atoms with Crippen molar-refractivity contribution in [1.82, 2.24) is 10.7 Å². The Morgan fingerprint density at radius 3 is 2.44 bits per heavy atom. The normalized spacial score (nSPS) is 13.1. The third kappa shape index (κ3) is 3.13. The van der Waals surface area contributed by atoms with E-state index < -0.39 is 0 Å². The molecule has 0 bridgehead atoms. The number of methoxy groups -OCH3 is 1. The van der Waals surface area contributed by atoms with Gasteiger partial charge in [0.15, 0.2) is 0 Å². The number of nitrogens with two attached hydrogens (primary N) is 1. The predicted molar refractivity (Wildman–Crippen MR) is 65.2 cm³/mol. The van der Waals surface area contributed by atoms with E-state index in [4.69, 9.17) is 10.6 Å². The van der Waals surface area contributed by atoms with Gasteiger partial charge in [0.05, 0.1) is 13.2 Å². The van der Waals surface area contributed by atoms with E-state index in [0.29, 0.717) is 5.96 Å². The van der Waals surface area contributed by atoms with Gasteiger partial charge in [-0.25, -0.2) is 5.84 Å². The molecule has 88 valence electrons. The van der Waals surface area contributed by atoms with E-state index in [9.17, 15) is 0 Å². The average Bonchev–Trinajstić information content (AvgIpc) is 2.35. The molecule has 0 amide bonds. The molecule has 0 spiro atoms. The lowest BCUT2D eigenvalue weighted by Crippen LogP contribution is -2.42. The second-order valence-corrected chi connectivity index (χ2v) is 3.36. The zero-order valence-corrected chi connectivity index (χ0v) is 9.82. The lowest BCUT2D eigenvalue weighted by Gasteiger charge is -2.16. The van der Waals surface area contributed by atoms with Gasteiger partial charge in [-0.3, -0.25) is 10.4 Å².